The van der Waals surface area contributed by atoms with Gasteiger partial charge in [-0.15, -0.1) is 0 Å². The van der Waals surface area contributed by atoms with E-state index in [4.69, 9.17) is 14.5 Å². The molecule has 4 heterocycles. The number of fused-ring (bicyclic) bond motifs is 1. The van der Waals surface area contributed by atoms with E-state index in [9.17, 15) is 9.90 Å². The molecule has 0 saturated carbocycles. The summed E-state index contributed by atoms with van der Waals surface area (Å²) in [7, 11) is 3.61. The van der Waals surface area contributed by atoms with Gasteiger partial charge in [-0.05, 0) is 37.1 Å². The molecule has 1 aliphatic rings. The van der Waals surface area contributed by atoms with Crippen molar-refractivity contribution in [2.75, 3.05) is 25.6 Å². The van der Waals surface area contributed by atoms with Crippen molar-refractivity contribution in [3.05, 3.63) is 41.9 Å². The van der Waals surface area contributed by atoms with E-state index >= 15 is 0 Å². The summed E-state index contributed by atoms with van der Waals surface area (Å²) in [6.45, 7) is 4.71. The maximum absolute atomic E-state index is 11.5. The smallest absolute Gasteiger partial charge is 0.222 e. The van der Waals surface area contributed by atoms with E-state index in [1.54, 1.807) is 20.2 Å². The fourth-order valence-corrected chi connectivity index (χ4v) is 4.29. The Kier molecular flexibility index (Phi) is 5.79. The minimum Gasteiger partial charge on any atom is -0.392 e. The number of anilines is 1. The predicted molar refractivity (Wildman–Crippen MR) is 118 cm³/mol. The molecular formula is C23H28N4O4. The minimum atomic E-state index is -0.601. The first kappa shape index (κ1) is 21.4. The molecule has 1 fully saturated rings. The molecule has 1 unspecified atom stereocenters. The van der Waals surface area contributed by atoms with Crippen molar-refractivity contribution in [3.8, 4) is 11.3 Å². The molecule has 8 heteroatoms. The molecule has 1 aliphatic heterocycles. The fourth-order valence-electron chi connectivity index (χ4n) is 4.29. The van der Waals surface area contributed by atoms with E-state index < -0.39 is 11.5 Å². The molecule has 3 aromatic rings. The normalized spacial score (nSPS) is 19.6. The van der Waals surface area contributed by atoms with Gasteiger partial charge in [0, 0.05) is 44.8 Å². The Hall–Kier alpha value is -2.81. The summed E-state index contributed by atoms with van der Waals surface area (Å²) in [5.41, 5.74) is 3.86. The van der Waals surface area contributed by atoms with Crippen molar-refractivity contribution in [2.24, 2.45) is 7.05 Å². The molecule has 2 N–H and O–H groups in total. The number of amides is 1. The zero-order valence-corrected chi connectivity index (χ0v) is 18.3. The average molecular weight is 425 g/mol. The fraction of sp³-hybridized carbons (Fsp3) is 0.435. The van der Waals surface area contributed by atoms with Crippen LogP contribution in [0.1, 0.15) is 31.5 Å². The molecule has 1 amide bonds. The van der Waals surface area contributed by atoms with Gasteiger partial charge in [-0.25, -0.2) is 4.98 Å². The summed E-state index contributed by atoms with van der Waals surface area (Å²) >= 11 is 0. The molecule has 0 spiro atoms. The Labute approximate surface area is 181 Å². The number of aliphatic hydroxyl groups excluding tert-OH is 1. The van der Waals surface area contributed by atoms with E-state index in [1.807, 2.05) is 36.0 Å². The molecule has 0 aromatic carbocycles. The Balaban J connectivity index is 1.90. The van der Waals surface area contributed by atoms with E-state index in [0.717, 1.165) is 33.4 Å². The third kappa shape index (κ3) is 3.94. The molecule has 0 bridgehead atoms. The predicted octanol–water partition coefficient (Wildman–Crippen LogP) is 2.78. The van der Waals surface area contributed by atoms with Gasteiger partial charge < -0.3 is 24.5 Å². The van der Waals surface area contributed by atoms with Crippen LogP contribution >= 0.6 is 0 Å². The number of hydrogen-bond donors (Lipinski definition) is 2. The van der Waals surface area contributed by atoms with Gasteiger partial charge >= 0.3 is 0 Å². The van der Waals surface area contributed by atoms with Crippen molar-refractivity contribution in [1.82, 2.24) is 14.5 Å². The lowest BCUT2D eigenvalue weighted by Crippen LogP contribution is -2.39. The molecule has 0 radical (unpaired) electrons. The van der Waals surface area contributed by atoms with Crippen LogP contribution in [0, 0.1) is 0 Å². The maximum Gasteiger partial charge on any atom is 0.222 e. The van der Waals surface area contributed by atoms with Gasteiger partial charge in [-0.3, -0.25) is 9.78 Å². The third-order valence-corrected chi connectivity index (χ3v) is 6.01. The zero-order valence-electron chi connectivity index (χ0n) is 18.3. The summed E-state index contributed by atoms with van der Waals surface area (Å²) < 4.78 is 13.1. The standard InChI is InChI=1S/C23H28N4O4/c1-14(28)23(5-6-31-13-23)21-8-16(12-30-4)7-19(26-21)18-11-27(3)20-10-24-22(9-17(18)20)25-15(2)29/h7-11,14,28H,5-6,12-13H2,1-4H3,(H,24,25,29)/t14-,23?/m1/s1. The van der Waals surface area contributed by atoms with Crippen molar-refractivity contribution in [1.29, 1.82) is 0 Å². The first-order chi connectivity index (χ1) is 14.8. The Morgan fingerprint density at radius 3 is 2.87 bits per heavy atom. The van der Waals surface area contributed by atoms with Crippen molar-refractivity contribution >= 4 is 22.6 Å². The molecule has 2 atom stereocenters. The SMILES string of the molecule is COCc1cc(-c2cn(C)c3cnc(NC(C)=O)cc23)nc(C2([C@@H](C)O)CCOC2)c1. The number of ether oxygens (including phenoxy) is 2. The zero-order chi connectivity index (χ0) is 22.2. The monoisotopic (exact) mass is 424 g/mol. The number of aliphatic hydroxyl groups is 1. The lowest BCUT2D eigenvalue weighted by atomic mass is 9.78. The van der Waals surface area contributed by atoms with E-state index in [0.29, 0.717) is 32.1 Å². The highest BCUT2D eigenvalue weighted by Crippen LogP contribution is 2.38. The largest absolute Gasteiger partial charge is 0.392 e. The van der Waals surface area contributed by atoms with Crippen LogP contribution in [0.2, 0.25) is 0 Å². The topological polar surface area (TPSA) is 98.5 Å². The average Bonchev–Trinajstić information content (AvgIpc) is 3.34. The van der Waals surface area contributed by atoms with Gasteiger partial charge in [0.25, 0.3) is 0 Å². The van der Waals surface area contributed by atoms with Gasteiger partial charge in [0.15, 0.2) is 0 Å². The van der Waals surface area contributed by atoms with Crippen LogP contribution in [0.4, 0.5) is 5.82 Å². The van der Waals surface area contributed by atoms with Gasteiger partial charge in [0.05, 0.1) is 47.8 Å². The summed E-state index contributed by atoms with van der Waals surface area (Å²) in [5.74, 6) is 0.317. The minimum absolute atomic E-state index is 0.174. The molecule has 1 saturated heterocycles. The summed E-state index contributed by atoms with van der Waals surface area (Å²) in [4.78, 5) is 20.8. The van der Waals surface area contributed by atoms with E-state index in [1.165, 1.54) is 6.92 Å². The molecule has 0 aliphatic carbocycles. The van der Waals surface area contributed by atoms with Gasteiger partial charge in [0.2, 0.25) is 5.91 Å². The molecule has 4 rings (SSSR count). The quantitative estimate of drug-likeness (QED) is 0.631. The van der Waals surface area contributed by atoms with Crippen molar-refractivity contribution in [2.45, 2.75) is 38.4 Å². The maximum atomic E-state index is 11.5. The number of hydrogen-bond acceptors (Lipinski definition) is 6. The number of rotatable bonds is 6. The molecule has 3 aromatic heterocycles. The Morgan fingerprint density at radius 1 is 1.42 bits per heavy atom. The van der Waals surface area contributed by atoms with E-state index in [-0.39, 0.29) is 5.91 Å². The second-order valence-electron chi connectivity index (χ2n) is 8.24. The van der Waals surface area contributed by atoms with Crippen LogP contribution in [0.5, 0.6) is 0 Å². The van der Waals surface area contributed by atoms with Gasteiger partial charge in [-0.1, -0.05) is 0 Å². The molecular weight excluding hydrogens is 396 g/mol. The summed E-state index contributed by atoms with van der Waals surface area (Å²) in [5, 5.41) is 14.3. The number of pyridine rings is 2. The van der Waals surface area contributed by atoms with Gasteiger partial charge in [-0.2, -0.15) is 0 Å². The third-order valence-electron chi connectivity index (χ3n) is 6.01. The second kappa shape index (κ2) is 8.37. The molecule has 164 valence electrons. The van der Waals surface area contributed by atoms with Crippen LogP contribution < -0.4 is 5.32 Å². The van der Waals surface area contributed by atoms with Crippen LogP contribution in [0.15, 0.2) is 30.6 Å². The number of aromatic nitrogens is 3. The summed E-state index contributed by atoms with van der Waals surface area (Å²) in [6.07, 6.45) is 3.86. The van der Waals surface area contributed by atoms with Crippen LogP contribution in [0.3, 0.4) is 0 Å². The lowest BCUT2D eigenvalue weighted by Gasteiger charge is -2.30. The highest BCUT2D eigenvalue weighted by Gasteiger charge is 2.43. The number of carbonyl (C=O) groups is 1. The highest BCUT2D eigenvalue weighted by atomic mass is 16.5. The molecule has 8 nitrogen and oxygen atoms in total. The number of carbonyl (C=O) groups excluding carboxylic acids is 1. The number of nitrogens with one attached hydrogen (secondary N) is 1. The van der Waals surface area contributed by atoms with Crippen LogP contribution in [0.25, 0.3) is 22.2 Å². The first-order valence-electron chi connectivity index (χ1n) is 10.3. The van der Waals surface area contributed by atoms with Crippen LogP contribution in [-0.4, -0.2) is 52.0 Å². The summed E-state index contributed by atoms with van der Waals surface area (Å²) in [6, 6.07) is 5.87. The highest BCUT2D eigenvalue weighted by molar-refractivity contribution is 5.98. The Bertz CT molecular complexity index is 1120. The number of aryl methyl sites for hydroxylation is 1. The van der Waals surface area contributed by atoms with Crippen molar-refractivity contribution in [3.63, 3.8) is 0 Å². The molecule has 31 heavy (non-hydrogen) atoms. The number of nitrogens with zero attached hydrogens (tertiary/aromatic N) is 3. The lowest BCUT2D eigenvalue weighted by molar-refractivity contribution is -0.114. The number of methoxy groups -OCH3 is 1. The van der Waals surface area contributed by atoms with Gasteiger partial charge in [0.1, 0.15) is 5.82 Å². The Morgan fingerprint density at radius 2 is 2.23 bits per heavy atom. The second-order valence-corrected chi connectivity index (χ2v) is 8.24. The van der Waals surface area contributed by atoms with Crippen molar-refractivity contribution < 1.29 is 19.4 Å². The van der Waals surface area contributed by atoms with Crippen LogP contribution in [-0.2, 0) is 33.3 Å². The van der Waals surface area contributed by atoms with E-state index in [2.05, 4.69) is 10.3 Å². The first-order valence-corrected chi connectivity index (χ1v) is 10.3.